The van der Waals surface area contributed by atoms with Crippen molar-refractivity contribution in [2.75, 3.05) is 0 Å². The van der Waals surface area contributed by atoms with Crippen molar-refractivity contribution in [3.05, 3.63) is 0 Å². The van der Waals surface area contributed by atoms with E-state index in [2.05, 4.69) is 4.28 Å². The topological polar surface area (TPSA) is 92.7 Å². The molecular weight excluding hydrogens is 255 g/mol. The van der Waals surface area contributed by atoms with Gasteiger partial charge in [0.05, 0.1) is 6.10 Å². The van der Waals surface area contributed by atoms with Crippen LogP contribution < -0.4 is 5.48 Å². The van der Waals surface area contributed by atoms with Crippen molar-refractivity contribution in [2.24, 2.45) is 0 Å². The molecule has 0 saturated heterocycles. The van der Waals surface area contributed by atoms with Crippen LogP contribution in [0.2, 0.25) is 0 Å². The number of alkyl halides is 3. The highest BCUT2D eigenvalue weighted by Gasteiger charge is 2.48. The maximum Gasteiger partial charge on any atom is 0.525 e. The summed E-state index contributed by atoms with van der Waals surface area (Å²) in [5, 5.41) is 8.74. The largest absolute Gasteiger partial charge is 0.525 e. The summed E-state index contributed by atoms with van der Waals surface area (Å²) in [6.45, 7) is 1.36. The van der Waals surface area contributed by atoms with Crippen molar-refractivity contribution in [3.8, 4) is 0 Å². The van der Waals surface area contributed by atoms with Gasteiger partial charge >= 0.3 is 15.6 Å². The van der Waals surface area contributed by atoms with Crippen molar-refractivity contribution in [1.82, 2.24) is 5.48 Å². The lowest BCUT2D eigenvalue weighted by molar-refractivity contribution is -0.129. The Morgan fingerprint density at radius 3 is 2.38 bits per heavy atom. The van der Waals surface area contributed by atoms with Crippen molar-refractivity contribution < 1.29 is 35.8 Å². The molecule has 0 aliphatic heterocycles. The molecule has 1 amide bonds. The second-order valence-corrected chi connectivity index (χ2v) is 4.43. The van der Waals surface area contributed by atoms with E-state index in [1.54, 1.807) is 0 Å². The van der Waals surface area contributed by atoms with E-state index >= 15 is 0 Å². The van der Waals surface area contributed by atoms with Gasteiger partial charge in [-0.25, -0.2) is 5.48 Å². The van der Waals surface area contributed by atoms with Gasteiger partial charge in [-0.2, -0.15) is 21.6 Å². The first-order valence-corrected chi connectivity index (χ1v) is 5.43. The normalized spacial score (nSPS) is 14.6. The van der Waals surface area contributed by atoms with Crippen LogP contribution in [0.5, 0.6) is 0 Å². The van der Waals surface area contributed by atoms with E-state index in [4.69, 9.17) is 5.11 Å². The summed E-state index contributed by atoms with van der Waals surface area (Å²) in [4.78, 5) is 10.7. The van der Waals surface area contributed by atoms with Gasteiger partial charge < -0.3 is 5.11 Å². The Kier molecular flexibility index (Phi) is 5.16. The number of rotatable bonds is 5. The highest BCUT2D eigenvalue weighted by atomic mass is 32.2. The zero-order valence-corrected chi connectivity index (χ0v) is 8.93. The van der Waals surface area contributed by atoms with Crippen molar-refractivity contribution in [3.63, 3.8) is 0 Å². The number of hydroxylamine groups is 1. The molecule has 0 aliphatic rings. The molecule has 0 fully saturated rings. The van der Waals surface area contributed by atoms with Crippen LogP contribution in [-0.2, 0) is 19.2 Å². The molecule has 10 heteroatoms. The van der Waals surface area contributed by atoms with Gasteiger partial charge in [-0.15, -0.1) is 4.28 Å². The van der Waals surface area contributed by atoms with Crippen LogP contribution in [0.25, 0.3) is 0 Å². The van der Waals surface area contributed by atoms with Gasteiger partial charge in [-0.1, -0.05) is 0 Å². The van der Waals surface area contributed by atoms with E-state index in [0.29, 0.717) is 0 Å². The van der Waals surface area contributed by atoms with Gasteiger partial charge in [0.2, 0.25) is 5.91 Å². The fourth-order valence-electron chi connectivity index (χ4n) is 0.540. The lowest BCUT2D eigenvalue weighted by Crippen LogP contribution is -2.34. The Hall–Kier alpha value is -0.870. The predicted molar refractivity (Wildman–Crippen MR) is 45.1 cm³/mol. The first-order valence-electron chi connectivity index (χ1n) is 4.03. The second kappa shape index (κ2) is 5.46. The molecule has 0 bridgehead atoms. The van der Waals surface area contributed by atoms with Gasteiger partial charge in [0.25, 0.3) is 0 Å². The fourth-order valence-corrected chi connectivity index (χ4v) is 0.837. The first kappa shape index (κ1) is 15.1. The Balaban J connectivity index is 4.12. The number of hydrogen-bond acceptors (Lipinski definition) is 5. The molecule has 0 rings (SSSR count). The molecule has 0 radical (unpaired) electrons. The van der Waals surface area contributed by atoms with Crippen molar-refractivity contribution in [1.29, 1.82) is 0 Å². The van der Waals surface area contributed by atoms with Crippen LogP contribution in [0.15, 0.2) is 0 Å². The van der Waals surface area contributed by atoms with Crippen LogP contribution in [-0.4, -0.2) is 31.0 Å². The van der Waals surface area contributed by atoms with E-state index in [9.17, 15) is 26.4 Å². The minimum atomic E-state index is -5.83. The van der Waals surface area contributed by atoms with Gasteiger partial charge in [0, 0.05) is 6.42 Å². The molecule has 96 valence electrons. The Morgan fingerprint density at radius 2 is 2.00 bits per heavy atom. The zero-order chi connectivity index (χ0) is 13.0. The van der Waals surface area contributed by atoms with E-state index in [1.165, 1.54) is 6.92 Å². The number of aliphatic hydroxyl groups is 1. The molecule has 16 heavy (non-hydrogen) atoms. The molecule has 0 aromatic rings. The Labute approximate surface area is 89.5 Å². The Bertz CT molecular complexity index is 337. The van der Waals surface area contributed by atoms with Crippen molar-refractivity contribution >= 4 is 16.0 Å². The molecule has 1 atom stereocenters. The van der Waals surface area contributed by atoms with Crippen molar-refractivity contribution in [2.45, 2.75) is 31.4 Å². The average molecular weight is 265 g/mol. The summed E-state index contributed by atoms with van der Waals surface area (Å²) in [7, 11) is -5.83. The maximum atomic E-state index is 11.7. The number of carbonyl (C=O) groups is 1. The van der Waals surface area contributed by atoms with E-state index in [0.717, 1.165) is 5.48 Å². The summed E-state index contributed by atoms with van der Waals surface area (Å²) in [6.07, 6.45) is -1.21. The minimum Gasteiger partial charge on any atom is -0.393 e. The highest BCUT2D eigenvalue weighted by Crippen LogP contribution is 2.23. The molecule has 1 unspecified atom stereocenters. The average Bonchev–Trinajstić information content (AvgIpc) is 2.09. The molecule has 0 heterocycles. The lowest BCUT2D eigenvalue weighted by Gasteiger charge is -2.08. The lowest BCUT2D eigenvalue weighted by atomic mass is 10.2. The van der Waals surface area contributed by atoms with Crippen LogP contribution in [0.4, 0.5) is 13.2 Å². The third-order valence-corrected chi connectivity index (χ3v) is 2.21. The minimum absolute atomic E-state index is 0.0265. The standard InChI is InChI=1S/C6H10F3NO5S/c1-4(11)2-3-5(12)10-15-16(13,14)6(7,8)9/h4,11H,2-3H2,1H3,(H,10,12). The molecular formula is C6H10F3NO5S. The number of aliphatic hydroxyl groups excluding tert-OH is 1. The molecule has 0 aromatic heterocycles. The van der Waals surface area contributed by atoms with Gasteiger partial charge in [-0.3, -0.25) is 4.79 Å². The van der Waals surface area contributed by atoms with Gasteiger partial charge in [-0.05, 0) is 13.3 Å². The molecule has 0 aliphatic carbocycles. The number of amides is 1. The number of halogens is 3. The summed E-state index contributed by atoms with van der Waals surface area (Å²) >= 11 is 0. The quantitative estimate of drug-likeness (QED) is 0.541. The fraction of sp³-hybridized carbons (Fsp3) is 0.833. The maximum absolute atomic E-state index is 11.7. The summed E-state index contributed by atoms with van der Waals surface area (Å²) < 4.78 is 58.9. The Morgan fingerprint density at radius 1 is 1.50 bits per heavy atom. The van der Waals surface area contributed by atoms with Crippen LogP contribution in [0, 0.1) is 0 Å². The van der Waals surface area contributed by atoms with Gasteiger partial charge in [0.1, 0.15) is 0 Å². The predicted octanol–water partition coefficient (Wildman–Crippen LogP) is 0.0448. The second-order valence-electron chi connectivity index (χ2n) is 2.90. The van der Waals surface area contributed by atoms with E-state index < -0.39 is 27.6 Å². The first-order chi connectivity index (χ1) is 7.06. The van der Waals surface area contributed by atoms with Gasteiger partial charge in [0.15, 0.2) is 0 Å². The van der Waals surface area contributed by atoms with Crippen LogP contribution >= 0.6 is 0 Å². The number of nitrogens with one attached hydrogen (secondary N) is 1. The SMILES string of the molecule is CC(O)CCC(=O)NOS(=O)(=O)C(F)(F)F. The molecule has 0 aromatic carbocycles. The third kappa shape index (κ3) is 5.28. The third-order valence-electron chi connectivity index (χ3n) is 1.34. The molecule has 2 N–H and O–H groups in total. The summed E-state index contributed by atoms with van der Waals surface area (Å²) in [5.74, 6) is -1.08. The van der Waals surface area contributed by atoms with E-state index in [1.807, 2.05) is 0 Å². The van der Waals surface area contributed by atoms with Crippen LogP contribution in [0.3, 0.4) is 0 Å². The summed E-state index contributed by atoms with van der Waals surface area (Å²) in [5.41, 5.74) is -4.47. The smallest absolute Gasteiger partial charge is 0.393 e. The number of carbonyl (C=O) groups excluding carboxylic acids is 1. The monoisotopic (exact) mass is 265 g/mol. The number of hydrogen-bond donors (Lipinski definition) is 2. The molecule has 0 saturated carbocycles. The van der Waals surface area contributed by atoms with E-state index in [-0.39, 0.29) is 12.8 Å². The summed E-state index contributed by atoms with van der Waals surface area (Å²) in [6, 6.07) is 0. The molecule has 6 nitrogen and oxygen atoms in total. The highest BCUT2D eigenvalue weighted by molar-refractivity contribution is 7.87. The molecule has 0 spiro atoms. The zero-order valence-electron chi connectivity index (χ0n) is 8.11. The van der Waals surface area contributed by atoms with Crippen LogP contribution in [0.1, 0.15) is 19.8 Å².